The molecule has 1 aromatic heterocycles. The van der Waals surface area contributed by atoms with E-state index in [1.54, 1.807) is 37.4 Å². The van der Waals surface area contributed by atoms with Gasteiger partial charge in [0.1, 0.15) is 5.75 Å². The monoisotopic (exact) mass is 273 g/mol. The molecule has 0 fully saturated rings. The lowest BCUT2D eigenvalue weighted by molar-refractivity contribution is -0.385. The van der Waals surface area contributed by atoms with Gasteiger partial charge in [-0.3, -0.25) is 10.1 Å². The number of hydrogen-bond acceptors (Lipinski definition) is 5. The van der Waals surface area contributed by atoms with Crippen LogP contribution in [0.4, 0.5) is 5.69 Å². The average Bonchev–Trinajstić information content (AvgIpc) is 2.41. The average molecular weight is 273 g/mol. The van der Waals surface area contributed by atoms with E-state index in [9.17, 15) is 10.1 Å². The van der Waals surface area contributed by atoms with E-state index in [0.29, 0.717) is 17.2 Å². The summed E-state index contributed by atoms with van der Waals surface area (Å²) in [5, 5.41) is 10.9. The summed E-state index contributed by atoms with van der Waals surface area (Å²) in [6.45, 7) is 3.50. The molecule has 0 amide bonds. The third-order valence-corrected chi connectivity index (χ3v) is 2.95. The highest BCUT2D eigenvalue weighted by Gasteiger charge is 2.15. The standard InChI is InChI=1S/C14H15N3O3/c1-9-12(17(18)19)4-3-5-13(9)20-14-8-11(10(2)15)6-7-16-14/h3-8,10H,15H2,1-2H3/t10-/m0/s1. The molecule has 6 heteroatoms. The molecule has 2 N–H and O–H groups in total. The molecule has 2 aromatic rings. The van der Waals surface area contributed by atoms with Crippen LogP contribution in [-0.4, -0.2) is 9.91 Å². The molecule has 0 aliphatic rings. The number of ether oxygens (including phenoxy) is 1. The van der Waals surface area contributed by atoms with Crippen LogP contribution >= 0.6 is 0 Å². The second-order valence-corrected chi connectivity index (χ2v) is 4.48. The summed E-state index contributed by atoms with van der Waals surface area (Å²) in [6.07, 6.45) is 1.60. The molecule has 104 valence electrons. The zero-order chi connectivity index (χ0) is 14.7. The normalized spacial score (nSPS) is 11.9. The quantitative estimate of drug-likeness (QED) is 0.682. The van der Waals surface area contributed by atoms with Crippen molar-refractivity contribution in [3.63, 3.8) is 0 Å². The second kappa shape index (κ2) is 5.66. The highest BCUT2D eigenvalue weighted by molar-refractivity contribution is 5.49. The molecule has 0 unspecified atom stereocenters. The van der Waals surface area contributed by atoms with Gasteiger partial charge < -0.3 is 10.5 Å². The van der Waals surface area contributed by atoms with E-state index in [1.807, 2.05) is 6.92 Å². The van der Waals surface area contributed by atoms with E-state index >= 15 is 0 Å². The molecule has 0 radical (unpaired) electrons. The Balaban J connectivity index is 2.33. The van der Waals surface area contributed by atoms with Crippen LogP contribution in [0, 0.1) is 17.0 Å². The summed E-state index contributed by atoms with van der Waals surface area (Å²) in [7, 11) is 0. The Morgan fingerprint density at radius 3 is 2.80 bits per heavy atom. The van der Waals surface area contributed by atoms with Crippen molar-refractivity contribution >= 4 is 5.69 Å². The van der Waals surface area contributed by atoms with Gasteiger partial charge in [0.15, 0.2) is 0 Å². The van der Waals surface area contributed by atoms with Crippen LogP contribution in [0.3, 0.4) is 0 Å². The number of hydrogen-bond donors (Lipinski definition) is 1. The van der Waals surface area contributed by atoms with E-state index in [0.717, 1.165) is 5.56 Å². The van der Waals surface area contributed by atoms with Gasteiger partial charge in [-0.05, 0) is 31.5 Å². The van der Waals surface area contributed by atoms with E-state index in [-0.39, 0.29) is 11.7 Å². The van der Waals surface area contributed by atoms with Crippen molar-refractivity contribution in [2.24, 2.45) is 5.73 Å². The number of nitrogens with two attached hydrogens (primary N) is 1. The Morgan fingerprint density at radius 2 is 2.15 bits per heavy atom. The Labute approximate surface area is 116 Å². The first-order chi connectivity index (χ1) is 9.49. The number of nitro benzene ring substituents is 1. The highest BCUT2D eigenvalue weighted by atomic mass is 16.6. The highest BCUT2D eigenvalue weighted by Crippen LogP contribution is 2.30. The van der Waals surface area contributed by atoms with Crippen molar-refractivity contribution in [2.75, 3.05) is 0 Å². The van der Waals surface area contributed by atoms with Crippen LogP contribution in [0.5, 0.6) is 11.6 Å². The molecule has 0 saturated carbocycles. The first kappa shape index (κ1) is 14.0. The molecular weight excluding hydrogens is 258 g/mol. The molecule has 0 aliphatic carbocycles. The summed E-state index contributed by atoms with van der Waals surface area (Å²) < 4.78 is 5.62. The summed E-state index contributed by atoms with van der Waals surface area (Å²) in [6, 6.07) is 8.08. The Hall–Kier alpha value is -2.47. The maximum absolute atomic E-state index is 10.9. The van der Waals surface area contributed by atoms with Crippen LogP contribution < -0.4 is 10.5 Å². The predicted octanol–water partition coefficient (Wildman–Crippen LogP) is 3.11. The van der Waals surface area contributed by atoms with Crippen molar-refractivity contribution in [1.29, 1.82) is 0 Å². The zero-order valence-corrected chi connectivity index (χ0v) is 11.2. The molecule has 6 nitrogen and oxygen atoms in total. The smallest absolute Gasteiger partial charge is 0.276 e. The molecule has 0 spiro atoms. The fraction of sp³-hybridized carbons (Fsp3) is 0.214. The van der Waals surface area contributed by atoms with Gasteiger partial charge in [-0.2, -0.15) is 0 Å². The molecule has 0 bridgehead atoms. The lowest BCUT2D eigenvalue weighted by atomic mass is 10.1. The fourth-order valence-corrected chi connectivity index (χ4v) is 1.79. The third kappa shape index (κ3) is 2.92. The van der Waals surface area contributed by atoms with E-state index in [2.05, 4.69) is 4.98 Å². The van der Waals surface area contributed by atoms with E-state index in [4.69, 9.17) is 10.5 Å². The molecule has 2 rings (SSSR count). The molecule has 1 aromatic carbocycles. The second-order valence-electron chi connectivity index (χ2n) is 4.48. The van der Waals surface area contributed by atoms with Crippen molar-refractivity contribution in [1.82, 2.24) is 4.98 Å². The van der Waals surface area contributed by atoms with E-state index < -0.39 is 4.92 Å². The third-order valence-electron chi connectivity index (χ3n) is 2.95. The number of aromatic nitrogens is 1. The zero-order valence-electron chi connectivity index (χ0n) is 11.2. The summed E-state index contributed by atoms with van der Waals surface area (Å²) in [5.41, 5.74) is 7.17. The van der Waals surface area contributed by atoms with E-state index in [1.165, 1.54) is 6.07 Å². The van der Waals surface area contributed by atoms with Gasteiger partial charge in [0, 0.05) is 24.4 Å². The molecular formula is C14H15N3O3. The van der Waals surface area contributed by atoms with Gasteiger partial charge in [-0.1, -0.05) is 6.07 Å². The van der Waals surface area contributed by atoms with Crippen molar-refractivity contribution in [3.8, 4) is 11.6 Å². The maximum Gasteiger partial charge on any atom is 0.276 e. The van der Waals surface area contributed by atoms with Gasteiger partial charge in [0.2, 0.25) is 5.88 Å². The van der Waals surface area contributed by atoms with Gasteiger partial charge in [-0.15, -0.1) is 0 Å². The SMILES string of the molecule is Cc1c(Oc2cc([C@H](C)N)ccn2)cccc1[N+](=O)[O-]. The Bertz CT molecular complexity index is 641. The number of rotatable bonds is 4. The topological polar surface area (TPSA) is 91.3 Å². The number of pyridine rings is 1. The Morgan fingerprint density at radius 1 is 1.40 bits per heavy atom. The minimum Gasteiger partial charge on any atom is -0.438 e. The first-order valence-electron chi connectivity index (χ1n) is 6.12. The summed E-state index contributed by atoms with van der Waals surface area (Å²) >= 11 is 0. The van der Waals surface area contributed by atoms with Gasteiger partial charge in [0.05, 0.1) is 10.5 Å². The maximum atomic E-state index is 10.9. The predicted molar refractivity (Wildman–Crippen MR) is 74.7 cm³/mol. The molecule has 0 saturated heterocycles. The fourth-order valence-electron chi connectivity index (χ4n) is 1.79. The van der Waals surface area contributed by atoms with Crippen molar-refractivity contribution in [2.45, 2.75) is 19.9 Å². The lowest BCUT2D eigenvalue weighted by Crippen LogP contribution is -2.05. The minimum atomic E-state index is -0.437. The molecule has 20 heavy (non-hydrogen) atoms. The van der Waals surface area contributed by atoms with Gasteiger partial charge in [0.25, 0.3) is 5.69 Å². The van der Waals surface area contributed by atoms with Crippen LogP contribution in [-0.2, 0) is 0 Å². The van der Waals surface area contributed by atoms with Gasteiger partial charge >= 0.3 is 0 Å². The van der Waals surface area contributed by atoms with Crippen LogP contribution in [0.1, 0.15) is 24.1 Å². The first-order valence-corrected chi connectivity index (χ1v) is 6.12. The van der Waals surface area contributed by atoms with Crippen molar-refractivity contribution in [3.05, 3.63) is 57.8 Å². The largest absolute Gasteiger partial charge is 0.438 e. The van der Waals surface area contributed by atoms with Crippen molar-refractivity contribution < 1.29 is 9.66 Å². The Kier molecular flexibility index (Phi) is 3.95. The molecule has 0 aliphatic heterocycles. The summed E-state index contributed by atoms with van der Waals surface area (Å²) in [4.78, 5) is 14.5. The van der Waals surface area contributed by atoms with Crippen LogP contribution in [0.2, 0.25) is 0 Å². The summed E-state index contributed by atoms with van der Waals surface area (Å²) in [5.74, 6) is 0.775. The number of benzene rings is 1. The van der Waals surface area contributed by atoms with Crippen LogP contribution in [0.25, 0.3) is 0 Å². The molecule has 1 heterocycles. The number of nitro groups is 1. The minimum absolute atomic E-state index is 0.0193. The van der Waals surface area contributed by atoms with Crippen LogP contribution in [0.15, 0.2) is 36.5 Å². The lowest BCUT2D eigenvalue weighted by Gasteiger charge is -2.10. The number of nitrogens with zero attached hydrogens (tertiary/aromatic N) is 2. The molecule has 1 atom stereocenters. The van der Waals surface area contributed by atoms with Gasteiger partial charge in [-0.25, -0.2) is 4.98 Å².